The molecule has 4 N–H and O–H groups in total. The first-order valence-corrected chi connectivity index (χ1v) is 6.56. The van der Waals surface area contributed by atoms with Gasteiger partial charge in [0, 0.05) is 12.7 Å². The Morgan fingerprint density at radius 3 is 2.94 bits per heavy atom. The number of nitrogens with zero attached hydrogens (tertiary/aromatic N) is 1. The summed E-state index contributed by atoms with van der Waals surface area (Å²) in [6.07, 6.45) is 5.03. The first-order valence-electron chi connectivity index (χ1n) is 6.56. The first-order chi connectivity index (χ1) is 8.61. The standard InChI is InChI=1S/C13H21N3O2/c1-2-16-8-9(14)7-11(16)13(18)15-10-5-3-4-6-12(10)17/h7-8,10,12,17H,2-6,14H2,1H3,(H,15,18). The predicted octanol–water partition coefficient (Wildman–Crippen LogP) is 1.12. The van der Waals surface area contributed by atoms with Crippen LogP contribution in [0.15, 0.2) is 12.3 Å². The lowest BCUT2D eigenvalue weighted by molar-refractivity contribution is 0.0711. The molecule has 2 rings (SSSR count). The molecule has 5 heteroatoms. The minimum Gasteiger partial charge on any atom is -0.397 e. The van der Waals surface area contributed by atoms with Crippen molar-refractivity contribution in [1.82, 2.24) is 9.88 Å². The van der Waals surface area contributed by atoms with Gasteiger partial charge in [0.1, 0.15) is 5.69 Å². The number of carbonyl (C=O) groups is 1. The van der Waals surface area contributed by atoms with Crippen LogP contribution in [0.3, 0.4) is 0 Å². The van der Waals surface area contributed by atoms with Gasteiger partial charge in [-0.15, -0.1) is 0 Å². The molecule has 1 aromatic rings. The van der Waals surface area contributed by atoms with Crippen LogP contribution < -0.4 is 11.1 Å². The van der Waals surface area contributed by atoms with Crippen molar-refractivity contribution in [3.8, 4) is 0 Å². The minimum absolute atomic E-state index is 0.132. The maximum atomic E-state index is 12.2. The average Bonchev–Trinajstić information content (AvgIpc) is 2.73. The Bertz CT molecular complexity index is 428. The minimum atomic E-state index is -0.426. The second-order valence-corrected chi connectivity index (χ2v) is 4.88. The molecule has 1 fully saturated rings. The molecule has 2 unspecified atom stereocenters. The summed E-state index contributed by atoms with van der Waals surface area (Å²) in [5, 5.41) is 12.8. The van der Waals surface area contributed by atoms with Crippen molar-refractivity contribution < 1.29 is 9.90 Å². The van der Waals surface area contributed by atoms with Crippen LogP contribution in [0.25, 0.3) is 0 Å². The van der Waals surface area contributed by atoms with Crippen LogP contribution in [0, 0.1) is 0 Å². The Morgan fingerprint density at radius 1 is 1.56 bits per heavy atom. The van der Waals surface area contributed by atoms with Gasteiger partial charge in [-0.1, -0.05) is 12.8 Å². The Balaban J connectivity index is 2.06. The molecule has 0 aromatic carbocycles. The molecule has 100 valence electrons. The zero-order valence-electron chi connectivity index (χ0n) is 10.7. The molecule has 0 bridgehead atoms. The summed E-state index contributed by atoms with van der Waals surface area (Å²) >= 11 is 0. The summed E-state index contributed by atoms with van der Waals surface area (Å²) in [7, 11) is 0. The SMILES string of the molecule is CCn1cc(N)cc1C(=O)NC1CCCCC1O. The molecule has 18 heavy (non-hydrogen) atoms. The molecular formula is C13H21N3O2. The largest absolute Gasteiger partial charge is 0.397 e. The highest BCUT2D eigenvalue weighted by Gasteiger charge is 2.25. The Hall–Kier alpha value is -1.49. The van der Waals surface area contributed by atoms with Gasteiger partial charge >= 0.3 is 0 Å². The van der Waals surface area contributed by atoms with Gasteiger partial charge in [0.05, 0.1) is 17.8 Å². The van der Waals surface area contributed by atoms with Crippen molar-refractivity contribution in [3.63, 3.8) is 0 Å². The van der Waals surface area contributed by atoms with Crippen LogP contribution in [0.5, 0.6) is 0 Å². The lowest BCUT2D eigenvalue weighted by Gasteiger charge is -2.28. The quantitative estimate of drug-likeness (QED) is 0.753. The lowest BCUT2D eigenvalue weighted by Crippen LogP contribution is -2.45. The summed E-state index contributed by atoms with van der Waals surface area (Å²) in [5.41, 5.74) is 6.85. The molecule has 1 amide bonds. The van der Waals surface area contributed by atoms with Crippen LogP contribution in [-0.4, -0.2) is 27.7 Å². The first kappa shape index (κ1) is 13.0. The molecule has 1 aliphatic carbocycles. The molecule has 0 aliphatic heterocycles. The smallest absolute Gasteiger partial charge is 0.268 e. The van der Waals surface area contributed by atoms with Gasteiger partial charge in [0.15, 0.2) is 0 Å². The monoisotopic (exact) mass is 251 g/mol. The van der Waals surface area contributed by atoms with E-state index in [1.54, 1.807) is 12.3 Å². The fourth-order valence-corrected chi connectivity index (χ4v) is 2.51. The third kappa shape index (κ3) is 2.67. The highest BCUT2D eigenvalue weighted by atomic mass is 16.3. The number of nitrogens with two attached hydrogens (primary N) is 1. The molecule has 0 radical (unpaired) electrons. The van der Waals surface area contributed by atoms with Crippen molar-refractivity contribution in [1.29, 1.82) is 0 Å². The van der Waals surface area contributed by atoms with E-state index in [1.807, 2.05) is 11.5 Å². The fourth-order valence-electron chi connectivity index (χ4n) is 2.51. The number of rotatable bonds is 3. The van der Waals surface area contributed by atoms with E-state index < -0.39 is 6.10 Å². The molecule has 1 heterocycles. The number of amides is 1. The third-order valence-corrected chi connectivity index (χ3v) is 3.54. The maximum Gasteiger partial charge on any atom is 0.268 e. The van der Waals surface area contributed by atoms with Crippen LogP contribution >= 0.6 is 0 Å². The Kier molecular flexibility index (Phi) is 3.91. The molecular weight excluding hydrogens is 230 g/mol. The van der Waals surface area contributed by atoms with E-state index >= 15 is 0 Å². The normalized spacial score (nSPS) is 23.9. The number of carbonyl (C=O) groups excluding carboxylic acids is 1. The number of aliphatic hydroxyl groups excluding tert-OH is 1. The summed E-state index contributed by atoms with van der Waals surface area (Å²) in [4.78, 5) is 12.2. The summed E-state index contributed by atoms with van der Waals surface area (Å²) < 4.78 is 1.82. The fraction of sp³-hybridized carbons (Fsp3) is 0.615. The van der Waals surface area contributed by atoms with Crippen molar-refractivity contribution >= 4 is 11.6 Å². The van der Waals surface area contributed by atoms with Gasteiger partial charge in [-0.3, -0.25) is 4.79 Å². The van der Waals surface area contributed by atoms with E-state index in [0.717, 1.165) is 25.7 Å². The van der Waals surface area contributed by atoms with Crippen molar-refractivity contribution in [2.45, 2.75) is 51.3 Å². The second-order valence-electron chi connectivity index (χ2n) is 4.88. The van der Waals surface area contributed by atoms with Gasteiger partial charge in [-0.2, -0.15) is 0 Å². The Morgan fingerprint density at radius 2 is 2.28 bits per heavy atom. The van der Waals surface area contributed by atoms with Gasteiger partial charge in [0.2, 0.25) is 0 Å². The number of anilines is 1. The lowest BCUT2D eigenvalue weighted by atomic mass is 9.92. The van der Waals surface area contributed by atoms with Crippen molar-refractivity contribution in [3.05, 3.63) is 18.0 Å². The maximum absolute atomic E-state index is 12.2. The van der Waals surface area contributed by atoms with E-state index in [0.29, 0.717) is 17.9 Å². The molecule has 1 saturated carbocycles. The van der Waals surface area contributed by atoms with E-state index in [2.05, 4.69) is 5.32 Å². The van der Waals surface area contributed by atoms with Gasteiger partial charge < -0.3 is 20.7 Å². The summed E-state index contributed by atoms with van der Waals surface area (Å²) in [5.74, 6) is -0.153. The molecule has 1 aliphatic rings. The molecule has 2 atom stereocenters. The van der Waals surface area contributed by atoms with Gasteiger partial charge in [-0.25, -0.2) is 0 Å². The third-order valence-electron chi connectivity index (χ3n) is 3.54. The number of aromatic nitrogens is 1. The van der Waals surface area contributed by atoms with Gasteiger partial charge in [-0.05, 0) is 25.8 Å². The van der Waals surface area contributed by atoms with Crippen molar-refractivity contribution in [2.75, 3.05) is 5.73 Å². The summed E-state index contributed by atoms with van der Waals surface area (Å²) in [6, 6.07) is 1.54. The Labute approximate surface area is 107 Å². The highest BCUT2D eigenvalue weighted by Crippen LogP contribution is 2.19. The summed E-state index contributed by atoms with van der Waals surface area (Å²) in [6.45, 7) is 2.67. The number of hydrogen-bond donors (Lipinski definition) is 3. The topological polar surface area (TPSA) is 80.3 Å². The highest BCUT2D eigenvalue weighted by molar-refractivity contribution is 5.94. The number of hydrogen-bond acceptors (Lipinski definition) is 3. The molecule has 5 nitrogen and oxygen atoms in total. The van der Waals surface area contributed by atoms with Crippen LogP contribution in [0.4, 0.5) is 5.69 Å². The van der Waals surface area contributed by atoms with Crippen LogP contribution in [-0.2, 0) is 6.54 Å². The van der Waals surface area contributed by atoms with Crippen LogP contribution in [0.1, 0.15) is 43.1 Å². The van der Waals surface area contributed by atoms with E-state index in [-0.39, 0.29) is 11.9 Å². The molecule has 0 spiro atoms. The second kappa shape index (κ2) is 5.44. The van der Waals surface area contributed by atoms with E-state index in [4.69, 9.17) is 5.73 Å². The number of aryl methyl sites for hydroxylation is 1. The number of nitrogens with one attached hydrogen (secondary N) is 1. The van der Waals surface area contributed by atoms with E-state index in [9.17, 15) is 9.90 Å². The number of aliphatic hydroxyl groups is 1. The average molecular weight is 251 g/mol. The van der Waals surface area contributed by atoms with Crippen LogP contribution in [0.2, 0.25) is 0 Å². The van der Waals surface area contributed by atoms with Gasteiger partial charge in [0.25, 0.3) is 5.91 Å². The van der Waals surface area contributed by atoms with Crippen molar-refractivity contribution in [2.24, 2.45) is 0 Å². The molecule has 0 saturated heterocycles. The van der Waals surface area contributed by atoms with E-state index in [1.165, 1.54) is 0 Å². The predicted molar refractivity (Wildman–Crippen MR) is 70.2 cm³/mol. The molecule has 1 aromatic heterocycles. The zero-order chi connectivity index (χ0) is 13.1. The zero-order valence-corrected chi connectivity index (χ0v) is 10.7. The number of nitrogen functional groups attached to an aromatic ring is 1.